The summed E-state index contributed by atoms with van der Waals surface area (Å²) in [4.78, 5) is 8.64. The van der Waals surface area contributed by atoms with Gasteiger partial charge in [-0.3, -0.25) is 4.90 Å². The number of rotatable bonds is 3. The number of nitrogens with zero attached hydrogens (tertiary/aromatic N) is 2. The fourth-order valence-electron chi connectivity index (χ4n) is 2.22. The van der Waals surface area contributed by atoms with Gasteiger partial charge in [0, 0.05) is 31.1 Å². The number of piperazine rings is 1. The molecule has 2 heterocycles. The van der Waals surface area contributed by atoms with Crippen molar-refractivity contribution in [2.75, 3.05) is 26.2 Å². The van der Waals surface area contributed by atoms with E-state index in [0.29, 0.717) is 6.04 Å². The summed E-state index contributed by atoms with van der Waals surface area (Å²) in [5, 5.41) is 4.71. The number of thiazole rings is 1. The molecule has 0 aromatic carbocycles. The van der Waals surface area contributed by atoms with Gasteiger partial charge in [0.25, 0.3) is 0 Å². The summed E-state index contributed by atoms with van der Waals surface area (Å²) < 4.78 is 0. The second-order valence-electron chi connectivity index (χ2n) is 4.40. The third-order valence-corrected chi connectivity index (χ3v) is 4.48. The molecule has 4 heteroatoms. The van der Waals surface area contributed by atoms with Crippen LogP contribution in [0.15, 0.2) is 0 Å². The highest BCUT2D eigenvalue weighted by Gasteiger charge is 2.23. The second kappa shape index (κ2) is 5.25. The molecular formula is C12H21N3S. The molecule has 1 aromatic rings. The Labute approximate surface area is 102 Å². The van der Waals surface area contributed by atoms with Crippen molar-refractivity contribution in [2.24, 2.45) is 0 Å². The second-order valence-corrected chi connectivity index (χ2v) is 5.64. The van der Waals surface area contributed by atoms with Gasteiger partial charge in [0.1, 0.15) is 5.01 Å². The molecule has 1 unspecified atom stereocenters. The summed E-state index contributed by atoms with van der Waals surface area (Å²) in [6.45, 7) is 11.1. The normalized spacial score (nSPS) is 19.9. The summed E-state index contributed by atoms with van der Waals surface area (Å²) >= 11 is 1.87. The predicted octanol–water partition coefficient (Wildman–Crippen LogP) is 2.12. The van der Waals surface area contributed by atoms with E-state index >= 15 is 0 Å². The fraction of sp³-hybridized carbons (Fsp3) is 0.750. The average molecular weight is 239 g/mol. The maximum atomic E-state index is 4.71. The first-order valence-corrected chi connectivity index (χ1v) is 6.92. The molecule has 16 heavy (non-hydrogen) atoms. The summed E-state index contributed by atoms with van der Waals surface area (Å²) in [6, 6.07) is 0.527. The van der Waals surface area contributed by atoms with E-state index in [4.69, 9.17) is 4.98 Å². The molecule has 90 valence electrons. The Balaban J connectivity index is 2.14. The lowest BCUT2D eigenvalue weighted by Gasteiger charge is -2.33. The van der Waals surface area contributed by atoms with Crippen LogP contribution in [0.25, 0.3) is 0 Å². The molecule has 2 rings (SSSR count). The van der Waals surface area contributed by atoms with Gasteiger partial charge in [0.15, 0.2) is 0 Å². The van der Waals surface area contributed by atoms with Crippen molar-refractivity contribution < 1.29 is 0 Å². The molecule has 1 N–H and O–H groups in total. The summed E-state index contributed by atoms with van der Waals surface area (Å²) in [7, 11) is 0. The van der Waals surface area contributed by atoms with Crippen LogP contribution in [-0.2, 0) is 0 Å². The molecule has 0 spiro atoms. The zero-order valence-electron chi connectivity index (χ0n) is 10.4. The van der Waals surface area contributed by atoms with E-state index in [1.165, 1.54) is 15.6 Å². The number of aryl methyl sites for hydroxylation is 2. The van der Waals surface area contributed by atoms with Crippen molar-refractivity contribution in [3.8, 4) is 0 Å². The average Bonchev–Trinajstić information content (AvgIpc) is 2.61. The van der Waals surface area contributed by atoms with Gasteiger partial charge in [0.05, 0.1) is 11.7 Å². The van der Waals surface area contributed by atoms with E-state index in [0.717, 1.165) is 32.6 Å². The highest BCUT2D eigenvalue weighted by Crippen LogP contribution is 2.29. The molecule has 1 atom stereocenters. The van der Waals surface area contributed by atoms with Gasteiger partial charge in [-0.25, -0.2) is 4.98 Å². The standard InChI is InChI=1S/C12H21N3S/c1-4-11(15-7-5-13-6-8-15)12-14-9(2)10(3)16-12/h11,13H,4-8H2,1-3H3. The molecule has 0 amide bonds. The van der Waals surface area contributed by atoms with Crippen LogP contribution >= 0.6 is 11.3 Å². The van der Waals surface area contributed by atoms with E-state index < -0.39 is 0 Å². The van der Waals surface area contributed by atoms with Crippen LogP contribution < -0.4 is 5.32 Å². The third-order valence-electron chi connectivity index (χ3n) is 3.31. The Kier molecular flexibility index (Phi) is 3.95. The highest BCUT2D eigenvalue weighted by atomic mass is 32.1. The van der Waals surface area contributed by atoms with E-state index in [2.05, 4.69) is 31.0 Å². The molecule has 0 radical (unpaired) electrons. The first kappa shape index (κ1) is 12.0. The molecule has 0 aliphatic carbocycles. The van der Waals surface area contributed by atoms with E-state index in [-0.39, 0.29) is 0 Å². The van der Waals surface area contributed by atoms with Gasteiger partial charge in [-0.1, -0.05) is 6.92 Å². The van der Waals surface area contributed by atoms with Gasteiger partial charge in [-0.05, 0) is 20.3 Å². The van der Waals surface area contributed by atoms with E-state index in [1.807, 2.05) is 11.3 Å². The summed E-state index contributed by atoms with van der Waals surface area (Å²) in [5.41, 5.74) is 1.20. The van der Waals surface area contributed by atoms with Crippen LogP contribution in [0.5, 0.6) is 0 Å². The molecule has 1 saturated heterocycles. The van der Waals surface area contributed by atoms with Gasteiger partial charge in [-0.15, -0.1) is 11.3 Å². The van der Waals surface area contributed by atoms with Crippen molar-refractivity contribution >= 4 is 11.3 Å². The Morgan fingerprint density at radius 2 is 2.06 bits per heavy atom. The van der Waals surface area contributed by atoms with E-state index in [9.17, 15) is 0 Å². The highest BCUT2D eigenvalue weighted by molar-refractivity contribution is 7.11. The maximum absolute atomic E-state index is 4.71. The Morgan fingerprint density at radius 1 is 1.38 bits per heavy atom. The van der Waals surface area contributed by atoms with Crippen LogP contribution in [0.4, 0.5) is 0 Å². The minimum atomic E-state index is 0.527. The Hall–Kier alpha value is -0.450. The minimum Gasteiger partial charge on any atom is -0.314 e. The fourth-order valence-corrected chi connectivity index (χ4v) is 3.36. The van der Waals surface area contributed by atoms with Gasteiger partial charge >= 0.3 is 0 Å². The van der Waals surface area contributed by atoms with Gasteiger partial charge in [-0.2, -0.15) is 0 Å². The lowest BCUT2D eigenvalue weighted by atomic mass is 10.2. The monoisotopic (exact) mass is 239 g/mol. The van der Waals surface area contributed by atoms with Gasteiger partial charge in [0.2, 0.25) is 0 Å². The third kappa shape index (κ3) is 2.44. The van der Waals surface area contributed by atoms with Crippen LogP contribution in [0.3, 0.4) is 0 Å². The zero-order chi connectivity index (χ0) is 11.5. The smallest absolute Gasteiger partial charge is 0.110 e. The Morgan fingerprint density at radius 3 is 2.56 bits per heavy atom. The van der Waals surface area contributed by atoms with Crippen LogP contribution in [0.2, 0.25) is 0 Å². The number of nitrogens with one attached hydrogen (secondary N) is 1. The molecular weight excluding hydrogens is 218 g/mol. The summed E-state index contributed by atoms with van der Waals surface area (Å²) in [5.74, 6) is 0. The number of hydrogen-bond acceptors (Lipinski definition) is 4. The Bertz CT molecular complexity index is 323. The molecule has 0 saturated carbocycles. The van der Waals surface area contributed by atoms with Crippen molar-refractivity contribution in [2.45, 2.75) is 33.2 Å². The molecule has 1 fully saturated rings. The van der Waals surface area contributed by atoms with Crippen LogP contribution in [-0.4, -0.2) is 36.1 Å². The molecule has 3 nitrogen and oxygen atoms in total. The first-order valence-electron chi connectivity index (χ1n) is 6.11. The lowest BCUT2D eigenvalue weighted by molar-refractivity contribution is 0.169. The molecule has 1 aliphatic rings. The first-order chi connectivity index (χ1) is 7.72. The van der Waals surface area contributed by atoms with E-state index in [1.54, 1.807) is 0 Å². The zero-order valence-corrected chi connectivity index (χ0v) is 11.2. The number of aromatic nitrogens is 1. The molecule has 1 aliphatic heterocycles. The quantitative estimate of drug-likeness (QED) is 0.875. The molecule has 0 bridgehead atoms. The van der Waals surface area contributed by atoms with Gasteiger partial charge < -0.3 is 5.32 Å². The summed E-state index contributed by atoms with van der Waals surface area (Å²) in [6.07, 6.45) is 1.16. The van der Waals surface area contributed by atoms with Crippen molar-refractivity contribution in [3.63, 3.8) is 0 Å². The minimum absolute atomic E-state index is 0.527. The largest absolute Gasteiger partial charge is 0.314 e. The number of hydrogen-bond donors (Lipinski definition) is 1. The van der Waals surface area contributed by atoms with Crippen LogP contribution in [0.1, 0.15) is 35.0 Å². The van der Waals surface area contributed by atoms with Crippen LogP contribution in [0, 0.1) is 13.8 Å². The lowest BCUT2D eigenvalue weighted by Crippen LogP contribution is -2.45. The van der Waals surface area contributed by atoms with Crippen molar-refractivity contribution in [3.05, 3.63) is 15.6 Å². The topological polar surface area (TPSA) is 28.2 Å². The predicted molar refractivity (Wildman–Crippen MR) is 69.1 cm³/mol. The maximum Gasteiger partial charge on any atom is 0.110 e. The SMILES string of the molecule is CCC(c1nc(C)c(C)s1)N1CCNCC1. The van der Waals surface area contributed by atoms with Crippen molar-refractivity contribution in [1.82, 2.24) is 15.2 Å². The van der Waals surface area contributed by atoms with Crippen molar-refractivity contribution in [1.29, 1.82) is 0 Å². The molecule has 1 aromatic heterocycles.